The summed E-state index contributed by atoms with van der Waals surface area (Å²) in [5, 5.41) is 0.476. The van der Waals surface area contributed by atoms with Crippen LogP contribution in [-0.2, 0) is 9.84 Å². The highest BCUT2D eigenvalue weighted by atomic mass is 32.2. The zero-order valence-electron chi connectivity index (χ0n) is 16.6. The first-order valence-corrected chi connectivity index (χ1v) is 11.3. The first-order valence-electron chi connectivity index (χ1n) is 9.86. The maximum absolute atomic E-state index is 13.6. The number of rotatable bonds is 3. The van der Waals surface area contributed by atoms with Crippen molar-refractivity contribution in [3.8, 4) is 0 Å². The summed E-state index contributed by atoms with van der Waals surface area (Å²) in [4.78, 5) is 19.7. The molecule has 1 aliphatic rings. The van der Waals surface area contributed by atoms with Crippen molar-refractivity contribution in [3.05, 3.63) is 65.9 Å². The fourth-order valence-electron chi connectivity index (χ4n) is 3.78. The summed E-state index contributed by atoms with van der Waals surface area (Å²) in [7, 11) is -3.89. The average Bonchev–Trinajstić information content (AvgIpc) is 2.73. The Morgan fingerprint density at radius 3 is 2.38 bits per heavy atom. The van der Waals surface area contributed by atoms with Crippen molar-refractivity contribution < 1.29 is 13.2 Å². The van der Waals surface area contributed by atoms with Gasteiger partial charge in [-0.25, -0.2) is 8.42 Å². The molecule has 29 heavy (non-hydrogen) atoms. The van der Waals surface area contributed by atoms with Gasteiger partial charge in [0.05, 0.1) is 20.9 Å². The van der Waals surface area contributed by atoms with Crippen molar-refractivity contribution in [2.24, 2.45) is 5.92 Å². The Morgan fingerprint density at radius 2 is 1.69 bits per heavy atom. The maximum Gasteiger partial charge on any atom is 0.256 e. The lowest BCUT2D eigenvalue weighted by Gasteiger charge is -2.30. The van der Waals surface area contributed by atoms with Crippen LogP contribution in [0, 0.1) is 12.8 Å². The van der Waals surface area contributed by atoms with Crippen LogP contribution in [0.2, 0.25) is 0 Å². The average molecular weight is 409 g/mol. The Morgan fingerprint density at radius 1 is 1.03 bits per heavy atom. The second-order valence-corrected chi connectivity index (χ2v) is 9.70. The van der Waals surface area contributed by atoms with Gasteiger partial charge in [0.1, 0.15) is 0 Å². The second kappa shape index (κ2) is 7.59. The quantitative estimate of drug-likeness (QED) is 0.650. The van der Waals surface area contributed by atoms with E-state index < -0.39 is 9.84 Å². The third-order valence-electron chi connectivity index (χ3n) is 5.63. The number of piperidine rings is 1. The predicted molar refractivity (Wildman–Crippen MR) is 113 cm³/mol. The minimum absolute atomic E-state index is 0.0515. The van der Waals surface area contributed by atoms with E-state index in [0.29, 0.717) is 29.9 Å². The fraction of sp³-hybridized carbons (Fsp3) is 0.304. The van der Waals surface area contributed by atoms with Crippen LogP contribution < -0.4 is 0 Å². The Bertz CT molecular complexity index is 1160. The number of hydrogen-bond acceptors (Lipinski definition) is 4. The predicted octanol–water partition coefficient (Wildman–Crippen LogP) is 4.25. The number of hydrogen-bond donors (Lipinski definition) is 0. The van der Waals surface area contributed by atoms with Gasteiger partial charge in [0, 0.05) is 24.7 Å². The Balaban J connectivity index is 1.90. The molecule has 5 nitrogen and oxygen atoms in total. The van der Waals surface area contributed by atoms with E-state index in [1.807, 2.05) is 13.0 Å². The van der Waals surface area contributed by atoms with Crippen LogP contribution in [-0.4, -0.2) is 37.3 Å². The molecule has 0 aliphatic carbocycles. The largest absolute Gasteiger partial charge is 0.339 e. The zero-order valence-corrected chi connectivity index (χ0v) is 17.4. The molecule has 150 valence electrons. The molecule has 3 aromatic rings. The van der Waals surface area contributed by atoms with Crippen molar-refractivity contribution in [2.75, 3.05) is 13.1 Å². The molecule has 0 saturated carbocycles. The molecule has 0 spiro atoms. The summed E-state index contributed by atoms with van der Waals surface area (Å²) in [5.74, 6) is 0.311. The molecule has 6 heteroatoms. The number of nitrogens with zero attached hydrogens (tertiary/aromatic N) is 2. The molecule has 0 N–H and O–H groups in total. The number of amides is 1. The fourth-order valence-corrected chi connectivity index (χ4v) is 5.40. The van der Waals surface area contributed by atoms with E-state index in [-0.39, 0.29) is 21.3 Å². The van der Waals surface area contributed by atoms with Crippen molar-refractivity contribution in [2.45, 2.75) is 36.5 Å². The number of aromatic nitrogens is 1. The van der Waals surface area contributed by atoms with E-state index in [1.54, 1.807) is 47.4 Å². The molecule has 1 aromatic heterocycles. The zero-order chi connectivity index (χ0) is 20.6. The smallest absolute Gasteiger partial charge is 0.256 e. The van der Waals surface area contributed by atoms with Crippen molar-refractivity contribution >= 4 is 26.6 Å². The summed E-state index contributed by atoms with van der Waals surface area (Å²) in [6, 6.07) is 13.8. The van der Waals surface area contributed by atoms with Gasteiger partial charge in [0.2, 0.25) is 9.84 Å². The van der Waals surface area contributed by atoms with Gasteiger partial charge in [0.15, 0.2) is 0 Å². The van der Waals surface area contributed by atoms with Crippen LogP contribution in [0.25, 0.3) is 10.9 Å². The van der Waals surface area contributed by atoms with E-state index in [4.69, 9.17) is 0 Å². The normalized spacial score (nSPS) is 15.6. The highest BCUT2D eigenvalue weighted by molar-refractivity contribution is 7.91. The number of carbonyl (C=O) groups excluding carboxylic acids is 1. The van der Waals surface area contributed by atoms with Gasteiger partial charge in [-0.1, -0.05) is 42.8 Å². The number of sulfone groups is 1. The summed E-state index contributed by atoms with van der Waals surface area (Å²) < 4.78 is 27.2. The minimum atomic E-state index is -3.89. The second-order valence-electron chi connectivity index (χ2n) is 7.81. The van der Waals surface area contributed by atoms with Crippen LogP contribution in [0.3, 0.4) is 0 Å². The molecular weight excluding hydrogens is 384 g/mol. The van der Waals surface area contributed by atoms with E-state index in [1.165, 1.54) is 6.20 Å². The summed E-state index contributed by atoms with van der Waals surface area (Å²) >= 11 is 0. The summed E-state index contributed by atoms with van der Waals surface area (Å²) in [5.41, 5.74) is 1.68. The molecular formula is C23H24N2O3S. The van der Waals surface area contributed by atoms with Gasteiger partial charge in [-0.05, 0) is 43.9 Å². The van der Waals surface area contributed by atoms with Crippen LogP contribution in [0.4, 0.5) is 0 Å². The summed E-state index contributed by atoms with van der Waals surface area (Å²) in [6.07, 6.45) is 3.27. The lowest BCUT2D eigenvalue weighted by Crippen LogP contribution is -2.38. The van der Waals surface area contributed by atoms with E-state index >= 15 is 0 Å². The molecule has 1 amide bonds. The Labute approximate surface area is 171 Å². The van der Waals surface area contributed by atoms with E-state index in [0.717, 1.165) is 18.4 Å². The molecule has 2 aromatic carbocycles. The molecule has 1 saturated heterocycles. The van der Waals surface area contributed by atoms with E-state index in [9.17, 15) is 13.2 Å². The third-order valence-corrected chi connectivity index (χ3v) is 7.50. The monoisotopic (exact) mass is 408 g/mol. The number of para-hydroxylation sites is 1. The number of carbonyl (C=O) groups is 1. The maximum atomic E-state index is 13.6. The van der Waals surface area contributed by atoms with Gasteiger partial charge in [-0.3, -0.25) is 9.78 Å². The number of benzene rings is 2. The van der Waals surface area contributed by atoms with Crippen LogP contribution in [0.15, 0.2) is 64.5 Å². The van der Waals surface area contributed by atoms with Crippen molar-refractivity contribution in [3.63, 3.8) is 0 Å². The Kier molecular flexibility index (Phi) is 5.13. The molecule has 1 fully saturated rings. The number of aryl methyl sites for hydroxylation is 1. The van der Waals surface area contributed by atoms with Gasteiger partial charge >= 0.3 is 0 Å². The standard InChI is InChI=1S/C23H24N2O3S/c1-16-7-9-18(10-8-16)29(27,28)22-19-5-3-4-6-21(19)24-15-20(22)23(26)25-13-11-17(2)12-14-25/h3-10,15,17H,11-14H2,1-2H3. The number of pyridine rings is 1. The van der Waals surface area contributed by atoms with Gasteiger partial charge < -0.3 is 4.90 Å². The SMILES string of the molecule is Cc1ccc(S(=O)(=O)c2c(C(=O)N3CCC(C)CC3)cnc3ccccc23)cc1. The lowest BCUT2D eigenvalue weighted by molar-refractivity contribution is 0.0693. The first kappa shape index (κ1) is 19.6. The molecule has 0 radical (unpaired) electrons. The summed E-state index contributed by atoms with van der Waals surface area (Å²) in [6.45, 7) is 5.35. The van der Waals surface area contributed by atoms with Crippen molar-refractivity contribution in [1.82, 2.24) is 9.88 Å². The minimum Gasteiger partial charge on any atom is -0.339 e. The molecule has 1 aliphatic heterocycles. The van der Waals surface area contributed by atoms with Crippen LogP contribution >= 0.6 is 0 Å². The molecule has 0 bridgehead atoms. The molecule has 4 rings (SSSR count). The third kappa shape index (κ3) is 3.65. The molecule has 0 atom stereocenters. The topological polar surface area (TPSA) is 67.3 Å². The number of fused-ring (bicyclic) bond motifs is 1. The Hall–Kier alpha value is -2.73. The first-order chi connectivity index (χ1) is 13.9. The number of likely N-dealkylation sites (tertiary alicyclic amines) is 1. The molecule has 0 unspecified atom stereocenters. The molecule has 2 heterocycles. The van der Waals surface area contributed by atoms with Crippen molar-refractivity contribution in [1.29, 1.82) is 0 Å². The highest BCUT2D eigenvalue weighted by Crippen LogP contribution is 2.32. The highest BCUT2D eigenvalue weighted by Gasteiger charge is 2.31. The van der Waals surface area contributed by atoms with Crippen LogP contribution in [0.5, 0.6) is 0 Å². The van der Waals surface area contributed by atoms with Gasteiger partial charge in [0.25, 0.3) is 5.91 Å². The van der Waals surface area contributed by atoms with E-state index in [2.05, 4.69) is 11.9 Å². The lowest BCUT2D eigenvalue weighted by atomic mass is 9.98. The van der Waals surface area contributed by atoms with Crippen LogP contribution in [0.1, 0.15) is 35.7 Å². The van der Waals surface area contributed by atoms with Gasteiger partial charge in [-0.2, -0.15) is 0 Å². The van der Waals surface area contributed by atoms with Gasteiger partial charge in [-0.15, -0.1) is 0 Å².